The average Bonchev–Trinajstić information content (AvgIpc) is 3.35. The molecule has 3 atom stereocenters. The number of hydrogen-bond acceptors (Lipinski definition) is 7. The summed E-state index contributed by atoms with van der Waals surface area (Å²) < 4.78 is 17.8. The topological polar surface area (TPSA) is 92.5 Å². The van der Waals surface area contributed by atoms with Crippen LogP contribution in [0.25, 0.3) is 0 Å². The van der Waals surface area contributed by atoms with Crippen molar-refractivity contribution in [2.75, 3.05) is 7.11 Å². The first-order valence-corrected chi connectivity index (χ1v) is 12.8. The van der Waals surface area contributed by atoms with Gasteiger partial charge in [0.15, 0.2) is 0 Å². The normalized spacial score (nSPS) is 24.5. The Bertz CT molecular complexity index is 1290. The average molecular weight is 504 g/mol. The molecule has 5 rings (SSSR count). The molecule has 1 fully saturated rings. The lowest BCUT2D eigenvalue weighted by atomic mass is 9.50. The maximum absolute atomic E-state index is 12.8. The number of hydrogen-bond donors (Lipinski definition) is 0. The largest absolute Gasteiger partial charge is 0.514 e. The summed E-state index contributed by atoms with van der Waals surface area (Å²) in [4.78, 5) is 25.3. The van der Waals surface area contributed by atoms with Crippen LogP contribution >= 0.6 is 0 Å². The Kier molecular flexibility index (Phi) is 6.75. The molecular formula is C29H33N3O5. The molecule has 1 heterocycles. The fourth-order valence-electron chi connectivity index (χ4n) is 6.49. The molecule has 194 valence electrons. The van der Waals surface area contributed by atoms with E-state index in [1.165, 1.54) is 12.7 Å². The SMILES string of the molecule is COC(=O)[C@@]1(C)CCC[C@]2(C)c3cc(OC(=O)OCc4cn(Cc5ccccc5)nn4)ccc3CC[C@@H]12. The van der Waals surface area contributed by atoms with Crippen LogP contribution in [0.1, 0.15) is 61.9 Å². The van der Waals surface area contributed by atoms with Gasteiger partial charge in [-0.2, -0.15) is 0 Å². The zero-order valence-electron chi connectivity index (χ0n) is 21.6. The molecule has 0 N–H and O–H groups in total. The van der Waals surface area contributed by atoms with E-state index >= 15 is 0 Å². The van der Waals surface area contributed by atoms with E-state index in [9.17, 15) is 9.59 Å². The van der Waals surface area contributed by atoms with Crippen molar-refractivity contribution in [3.8, 4) is 5.75 Å². The van der Waals surface area contributed by atoms with E-state index in [1.54, 1.807) is 10.9 Å². The molecule has 2 aromatic carbocycles. The summed E-state index contributed by atoms with van der Waals surface area (Å²) in [6.45, 7) is 4.83. The highest BCUT2D eigenvalue weighted by molar-refractivity contribution is 5.77. The standard InChI is InChI=1S/C29H33N3O5/c1-28-14-7-15-29(2,26(33)35-3)25(28)13-11-21-10-12-23(16-24(21)28)37-27(34)36-19-22-18-32(31-30-22)17-20-8-5-4-6-9-20/h4-6,8-10,12,16,18,25H,7,11,13-15,17,19H2,1-3H3/t25-,28-,29+/m1/s1. The van der Waals surface area contributed by atoms with Crippen LogP contribution in [0, 0.1) is 11.3 Å². The molecular weight excluding hydrogens is 470 g/mol. The van der Waals surface area contributed by atoms with Gasteiger partial charge in [0, 0.05) is 0 Å². The van der Waals surface area contributed by atoms with Crippen LogP contribution in [0.2, 0.25) is 0 Å². The highest BCUT2D eigenvalue weighted by Gasteiger charge is 2.55. The molecule has 2 aliphatic carbocycles. The number of aromatic nitrogens is 3. The summed E-state index contributed by atoms with van der Waals surface area (Å²) in [7, 11) is 1.47. The first-order valence-electron chi connectivity index (χ1n) is 12.8. The molecule has 8 heteroatoms. The molecule has 0 spiro atoms. The van der Waals surface area contributed by atoms with E-state index in [4.69, 9.17) is 14.2 Å². The van der Waals surface area contributed by atoms with Crippen molar-refractivity contribution in [3.63, 3.8) is 0 Å². The molecule has 0 radical (unpaired) electrons. The molecule has 2 aliphatic rings. The maximum atomic E-state index is 12.8. The lowest BCUT2D eigenvalue weighted by Gasteiger charge is -2.54. The molecule has 3 aromatic rings. The number of ether oxygens (including phenoxy) is 3. The first-order chi connectivity index (χ1) is 17.8. The number of rotatable bonds is 6. The van der Waals surface area contributed by atoms with E-state index in [0.717, 1.165) is 43.2 Å². The second-order valence-corrected chi connectivity index (χ2v) is 10.6. The number of esters is 1. The van der Waals surface area contributed by atoms with Gasteiger partial charge in [0.2, 0.25) is 0 Å². The van der Waals surface area contributed by atoms with Gasteiger partial charge < -0.3 is 14.2 Å². The number of carbonyl (C=O) groups excluding carboxylic acids is 2. The fraction of sp³-hybridized carbons (Fsp3) is 0.448. The van der Waals surface area contributed by atoms with Crippen LogP contribution in [0.15, 0.2) is 54.7 Å². The molecule has 37 heavy (non-hydrogen) atoms. The minimum Gasteiger partial charge on any atom is -0.469 e. The molecule has 0 amide bonds. The number of nitrogens with zero attached hydrogens (tertiary/aromatic N) is 3. The van der Waals surface area contributed by atoms with E-state index in [-0.39, 0.29) is 23.9 Å². The third-order valence-corrected chi connectivity index (χ3v) is 8.29. The van der Waals surface area contributed by atoms with Gasteiger partial charge in [-0.05, 0) is 72.8 Å². The smallest absolute Gasteiger partial charge is 0.469 e. The monoisotopic (exact) mass is 503 g/mol. The molecule has 0 saturated heterocycles. The summed E-state index contributed by atoms with van der Waals surface area (Å²) >= 11 is 0. The van der Waals surface area contributed by atoms with Crippen LogP contribution in [0.5, 0.6) is 5.75 Å². The van der Waals surface area contributed by atoms with Crippen LogP contribution in [-0.2, 0) is 39.3 Å². The molecule has 0 bridgehead atoms. The Labute approximate surface area is 216 Å². The van der Waals surface area contributed by atoms with Crippen LogP contribution in [0.3, 0.4) is 0 Å². The highest BCUT2D eigenvalue weighted by atomic mass is 16.7. The minimum absolute atomic E-state index is 0.0319. The van der Waals surface area contributed by atoms with Crippen molar-refractivity contribution >= 4 is 12.1 Å². The second-order valence-electron chi connectivity index (χ2n) is 10.6. The van der Waals surface area contributed by atoms with Gasteiger partial charge in [-0.1, -0.05) is 55.0 Å². The Morgan fingerprint density at radius 2 is 1.92 bits per heavy atom. The molecule has 0 aliphatic heterocycles. The van der Waals surface area contributed by atoms with Gasteiger partial charge in [-0.15, -0.1) is 5.10 Å². The molecule has 1 aromatic heterocycles. The quantitative estimate of drug-likeness (QED) is 0.336. The van der Waals surface area contributed by atoms with Crippen molar-refractivity contribution in [2.45, 2.75) is 64.5 Å². The molecule has 0 unspecified atom stereocenters. The molecule has 1 saturated carbocycles. The summed E-state index contributed by atoms with van der Waals surface area (Å²) in [5.74, 6) is 0.460. The van der Waals surface area contributed by atoms with Gasteiger partial charge in [-0.3, -0.25) is 4.79 Å². The number of fused-ring (bicyclic) bond motifs is 3. The number of methoxy groups -OCH3 is 1. The predicted octanol–water partition coefficient (Wildman–Crippen LogP) is 5.23. The van der Waals surface area contributed by atoms with Crippen molar-refractivity contribution in [1.82, 2.24) is 15.0 Å². The van der Waals surface area contributed by atoms with Crippen molar-refractivity contribution in [2.24, 2.45) is 11.3 Å². The van der Waals surface area contributed by atoms with Crippen LogP contribution < -0.4 is 4.74 Å². The Hall–Kier alpha value is -3.68. The van der Waals surface area contributed by atoms with Crippen molar-refractivity contribution in [3.05, 3.63) is 77.1 Å². The Morgan fingerprint density at radius 3 is 2.70 bits per heavy atom. The van der Waals surface area contributed by atoms with E-state index < -0.39 is 11.6 Å². The third kappa shape index (κ3) is 4.84. The Balaban J connectivity index is 1.25. The van der Waals surface area contributed by atoms with E-state index in [0.29, 0.717) is 18.0 Å². The van der Waals surface area contributed by atoms with Gasteiger partial charge in [0.25, 0.3) is 0 Å². The van der Waals surface area contributed by atoms with Crippen LogP contribution in [0.4, 0.5) is 4.79 Å². The predicted molar refractivity (Wildman–Crippen MR) is 136 cm³/mol. The second kappa shape index (κ2) is 10.00. The minimum atomic E-state index is -0.793. The van der Waals surface area contributed by atoms with Gasteiger partial charge in [-0.25, -0.2) is 9.48 Å². The zero-order chi connectivity index (χ0) is 26.0. The highest BCUT2D eigenvalue weighted by Crippen LogP contribution is 2.58. The van der Waals surface area contributed by atoms with Gasteiger partial charge >= 0.3 is 12.1 Å². The van der Waals surface area contributed by atoms with E-state index in [2.05, 4.69) is 17.2 Å². The lowest BCUT2D eigenvalue weighted by molar-refractivity contribution is -0.161. The number of carbonyl (C=O) groups is 2. The van der Waals surface area contributed by atoms with Gasteiger partial charge in [0.1, 0.15) is 18.1 Å². The first kappa shape index (κ1) is 25.0. The molecule has 8 nitrogen and oxygen atoms in total. The van der Waals surface area contributed by atoms with Crippen molar-refractivity contribution in [1.29, 1.82) is 0 Å². The Morgan fingerprint density at radius 1 is 1.11 bits per heavy atom. The number of aryl methyl sites for hydroxylation is 1. The summed E-state index contributed by atoms with van der Waals surface area (Å²) in [6.07, 6.45) is 5.52. The van der Waals surface area contributed by atoms with Gasteiger partial charge in [0.05, 0.1) is 25.3 Å². The zero-order valence-corrected chi connectivity index (χ0v) is 21.6. The third-order valence-electron chi connectivity index (χ3n) is 8.29. The van der Waals surface area contributed by atoms with E-state index in [1.807, 2.05) is 55.5 Å². The summed E-state index contributed by atoms with van der Waals surface area (Å²) in [6, 6.07) is 15.7. The fourth-order valence-corrected chi connectivity index (χ4v) is 6.49. The van der Waals surface area contributed by atoms with Crippen molar-refractivity contribution < 1.29 is 23.8 Å². The van der Waals surface area contributed by atoms with Crippen LogP contribution in [-0.4, -0.2) is 34.2 Å². The lowest BCUT2D eigenvalue weighted by Crippen LogP contribution is -2.52. The summed E-state index contributed by atoms with van der Waals surface area (Å²) in [5.41, 5.74) is 3.31. The maximum Gasteiger partial charge on any atom is 0.514 e. The number of benzene rings is 2. The summed E-state index contributed by atoms with van der Waals surface area (Å²) in [5, 5.41) is 8.18.